The molecule has 0 saturated carbocycles. The summed E-state index contributed by atoms with van der Waals surface area (Å²) in [6, 6.07) is 19.4. The van der Waals surface area contributed by atoms with Gasteiger partial charge < -0.3 is 19.5 Å². The van der Waals surface area contributed by atoms with Crippen molar-refractivity contribution in [3.63, 3.8) is 0 Å². The molecule has 0 heterocycles. The van der Waals surface area contributed by atoms with E-state index in [2.05, 4.69) is 31.8 Å². The molecule has 3 aromatic carbocycles. The van der Waals surface area contributed by atoms with Crippen molar-refractivity contribution >= 4 is 39.6 Å². The zero-order chi connectivity index (χ0) is 25.0. The quantitative estimate of drug-likeness (QED) is 0.263. The van der Waals surface area contributed by atoms with Gasteiger partial charge in [0.25, 0.3) is 11.8 Å². The van der Waals surface area contributed by atoms with Crippen molar-refractivity contribution in [1.82, 2.24) is 5.43 Å². The van der Waals surface area contributed by atoms with Gasteiger partial charge in [-0.2, -0.15) is 5.10 Å². The lowest BCUT2D eigenvalue weighted by Crippen LogP contribution is -2.20. The van der Waals surface area contributed by atoms with Crippen LogP contribution in [-0.2, 0) is 4.79 Å². The second-order valence-corrected chi connectivity index (χ2v) is 7.97. The van der Waals surface area contributed by atoms with Crippen LogP contribution in [0.4, 0.5) is 5.69 Å². The Labute approximate surface area is 212 Å². The van der Waals surface area contributed by atoms with E-state index in [4.69, 9.17) is 14.2 Å². The van der Waals surface area contributed by atoms with Crippen LogP contribution in [0.15, 0.2) is 76.3 Å². The Morgan fingerprint density at radius 2 is 1.60 bits per heavy atom. The van der Waals surface area contributed by atoms with Gasteiger partial charge >= 0.3 is 0 Å². The molecule has 182 valence electrons. The Kier molecular flexibility index (Phi) is 9.68. The van der Waals surface area contributed by atoms with Crippen molar-refractivity contribution in [3.05, 3.63) is 82.3 Å². The third kappa shape index (κ3) is 7.86. The highest BCUT2D eigenvalue weighted by molar-refractivity contribution is 9.10. The largest absolute Gasteiger partial charge is 0.490 e. The summed E-state index contributed by atoms with van der Waals surface area (Å²) in [6.45, 7) is 4.56. The number of rotatable bonds is 11. The van der Waals surface area contributed by atoms with Crippen LogP contribution < -0.4 is 25.0 Å². The van der Waals surface area contributed by atoms with Crippen molar-refractivity contribution in [2.75, 3.05) is 25.1 Å². The highest BCUT2D eigenvalue weighted by Gasteiger charge is 2.11. The van der Waals surface area contributed by atoms with Crippen LogP contribution in [0.1, 0.15) is 29.8 Å². The third-order valence-electron chi connectivity index (χ3n) is 4.56. The SMILES string of the molecule is CCOc1ccc(C(=O)N/N=C/c2ccc(OCC(=O)Nc3ccccc3)c(Br)c2)cc1OCC. The summed E-state index contributed by atoms with van der Waals surface area (Å²) in [7, 11) is 0. The van der Waals surface area contributed by atoms with E-state index in [-0.39, 0.29) is 18.4 Å². The molecular weight excluding hydrogens is 514 g/mol. The van der Waals surface area contributed by atoms with Gasteiger partial charge in [0.2, 0.25) is 0 Å². The number of hydrogen-bond acceptors (Lipinski definition) is 6. The van der Waals surface area contributed by atoms with E-state index in [1.807, 2.05) is 32.0 Å². The van der Waals surface area contributed by atoms with Gasteiger partial charge in [0.1, 0.15) is 5.75 Å². The van der Waals surface area contributed by atoms with E-state index in [1.54, 1.807) is 48.5 Å². The summed E-state index contributed by atoms with van der Waals surface area (Å²) in [5, 5.41) is 6.78. The number of para-hydroxylation sites is 1. The molecule has 0 aliphatic heterocycles. The maximum absolute atomic E-state index is 12.5. The maximum atomic E-state index is 12.5. The van der Waals surface area contributed by atoms with Crippen molar-refractivity contribution in [2.24, 2.45) is 5.10 Å². The van der Waals surface area contributed by atoms with E-state index < -0.39 is 0 Å². The number of benzene rings is 3. The zero-order valence-corrected chi connectivity index (χ0v) is 21.0. The molecule has 2 amide bonds. The van der Waals surface area contributed by atoms with Crippen LogP contribution in [0.5, 0.6) is 17.2 Å². The summed E-state index contributed by atoms with van der Waals surface area (Å²) < 4.78 is 17.3. The normalized spacial score (nSPS) is 10.6. The molecule has 9 heteroatoms. The van der Waals surface area contributed by atoms with Crippen molar-refractivity contribution in [1.29, 1.82) is 0 Å². The summed E-state index contributed by atoms with van der Waals surface area (Å²) in [5.41, 5.74) is 4.32. The summed E-state index contributed by atoms with van der Waals surface area (Å²) in [4.78, 5) is 24.5. The Morgan fingerprint density at radius 1 is 0.886 bits per heavy atom. The molecule has 0 aromatic heterocycles. The average molecular weight is 540 g/mol. The molecule has 35 heavy (non-hydrogen) atoms. The minimum Gasteiger partial charge on any atom is -0.490 e. The Balaban J connectivity index is 1.55. The Hall–Kier alpha value is -3.85. The van der Waals surface area contributed by atoms with Crippen molar-refractivity contribution < 1.29 is 23.8 Å². The molecule has 3 rings (SSSR count). The highest BCUT2D eigenvalue weighted by Crippen LogP contribution is 2.28. The topological polar surface area (TPSA) is 98.3 Å². The van der Waals surface area contributed by atoms with Gasteiger partial charge in [-0.25, -0.2) is 5.43 Å². The van der Waals surface area contributed by atoms with Gasteiger partial charge in [-0.1, -0.05) is 18.2 Å². The molecule has 2 N–H and O–H groups in total. The molecule has 0 unspecified atom stereocenters. The fourth-order valence-electron chi connectivity index (χ4n) is 3.00. The first kappa shape index (κ1) is 25.8. The van der Waals surface area contributed by atoms with Crippen molar-refractivity contribution in [3.8, 4) is 17.2 Å². The highest BCUT2D eigenvalue weighted by atomic mass is 79.9. The number of amides is 2. The first-order valence-corrected chi connectivity index (χ1v) is 11.8. The number of nitrogens with zero attached hydrogens (tertiary/aromatic N) is 1. The second kappa shape index (κ2) is 13.1. The number of nitrogens with one attached hydrogen (secondary N) is 2. The lowest BCUT2D eigenvalue weighted by molar-refractivity contribution is -0.118. The minimum absolute atomic E-state index is 0.136. The average Bonchev–Trinajstić information content (AvgIpc) is 2.85. The smallest absolute Gasteiger partial charge is 0.271 e. The molecule has 0 bridgehead atoms. The van der Waals surface area contributed by atoms with E-state index in [0.29, 0.717) is 46.2 Å². The van der Waals surface area contributed by atoms with Gasteiger partial charge in [-0.3, -0.25) is 9.59 Å². The summed E-state index contributed by atoms with van der Waals surface area (Å²) in [5.74, 6) is 0.946. The van der Waals surface area contributed by atoms with Crippen LogP contribution in [0, 0.1) is 0 Å². The summed E-state index contributed by atoms with van der Waals surface area (Å²) >= 11 is 3.43. The Morgan fingerprint density at radius 3 is 2.31 bits per heavy atom. The molecule has 3 aromatic rings. The molecule has 0 aliphatic rings. The van der Waals surface area contributed by atoms with Crippen LogP contribution in [0.2, 0.25) is 0 Å². The van der Waals surface area contributed by atoms with E-state index in [1.165, 1.54) is 6.21 Å². The number of carbonyl (C=O) groups excluding carboxylic acids is 2. The number of anilines is 1. The summed E-state index contributed by atoms with van der Waals surface area (Å²) in [6.07, 6.45) is 1.51. The number of hydrazone groups is 1. The van der Waals surface area contributed by atoms with Gasteiger partial charge in [0, 0.05) is 11.3 Å². The van der Waals surface area contributed by atoms with Gasteiger partial charge in [0.15, 0.2) is 18.1 Å². The molecule has 0 radical (unpaired) electrons. The number of carbonyl (C=O) groups is 2. The van der Waals surface area contributed by atoms with Crippen molar-refractivity contribution in [2.45, 2.75) is 13.8 Å². The molecule has 8 nitrogen and oxygen atoms in total. The van der Waals surface area contributed by atoms with Crippen LogP contribution >= 0.6 is 15.9 Å². The van der Waals surface area contributed by atoms with Gasteiger partial charge in [-0.05, 0) is 83.9 Å². The number of halogens is 1. The molecule has 0 spiro atoms. The van der Waals surface area contributed by atoms with Crippen LogP contribution in [0.3, 0.4) is 0 Å². The van der Waals surface area contributed by atoms with E-state index in [0.717, 1.165) is 5.56 Å². The molecule has 0 saturated heterocycles. The molecule has 0 atom stereocenters. The first-order chi connectivity index (χ1) is 17.0. The monoisotopic (exact) mass is 539 g/mol. The number of hydrogen-bond donors (Lipinski definition) is 2. The zero-order valence-electron chi connectivity index (χ0n) is 19.4. The predicted molar refractivity (Wildman–Crippen MR) is 139 cm³/mol. The maximum Gasteiger partial charge on any atom is 0.271 e. The fraction of sp³-hybridized carbons (Fsp3) is 0.192. The van der Waals surface area contributed by atoms with Crippen LogP contribution in [-0.4, -0.2) is 37.8 Å². The first-order valence-electron chi connectivity index (χ1n) is 11.0. The third-order valence-corrected chi connectivity index (χ3v) is 5.18. The Bertz CT molecular complexity index is 1180. The standard InChI is InChI=1S/C26H26BrN3O5/c1-3-33-23-13-11-19(15-24(23)34-4-2)26(32)30-28-16-18-10-12-22(21(27)14-18)35-17-25(31)29-20-8-6-5-7-9-20/h5-16H,3-4,17H2,1-2H3,(H,29,31)(H,30,32)/b28-16+. The lowest BCUT2D eigenvalue weighted by Gasteiger charge is -2.11. The molecule has 0 aliphatic carbocycles. The van der Waals surface area contributed by atoms with Crippen LogP contribution in [0.25, 0.3) is 0 Å². The van der Waals surface area contributed by atoms with E-state index in [9.17, 15) is 9.59 Å². The minimum atomic E-state index is -0.381. The fourth-order valence-corrected chi connectivity index (χ4v) is 3.51. The predicted octanol–water partition coefficient (Wildman–Crippen LogP) is 5.03. The second-order valence-electron chi connectivity index (χ2n) is 7.12. The molecule has 0 fully saturated rings. The number of ether oxygens (including phenoxy) is 3. The van der Waals surface area contributed by atoms with E-state index >= 15 is 0 Å². The van der Waals surface area contributed by atoms with Gasteiger partial charge in [0.05, 0.1) is 23.9 Å². The molecular formula is C26H26BrN3O5. The lowest BCUT2D eigenvalue weighted by atomic mass is 10.2. The van der Waals surface area contributed by atoms with Gasteiger partial charge in [-0.15, -0.1) is 0 Å².